The van der Waals surface area contributed by atoms with Gasteiger partial charge in [0, 0.05) is 7.05 Å². The molecule has 0 bridgehead atoms. The van der Waals surface area contributed by atoms with Crippen LogP contribution in [0, 0.1) is 0 Å². The van der Waals surface area contributed by atoms with Gasteiger partial charge in [-0.15, -0.1) is 0 Å². The van der Waals surface area contributed by atoms with Gasteiger partial charge < -0.3 is 14.8 Å². The molecule has 3 rings (SSSR count). The Kier molecular flexibility index (Phi) is 7.79. The molecule has 0 unspecified atom stereocenters. The molecule has 0 spiro atoms. The van der Waals surface area contributed by atoms with Gasteiger partial charge in [-0.2, -0.15) is 8.78 Å². The van der Waals surface area contributed by atoms with Crippen molar-refractivity contribution in [2.45, 2.75) is 11.5 Å². The van der Waals surface area contributed by atoms with Crippen molar-refractivity contribution < 1.29 is 36.3 Å². The van der Waals surface area contributed by atoms with Gasteiger partial charge in [0.1, 0.15) is 10.6 Å². The number of nitrogens with one attached hydrogen (secondary N) is 1. The number of esters is 1. The summed E-state index contributed by atoms with van der Waals surface area (Å²) in [5.41, 5.74) is 0.0746. The van der Waals surface area contributed by atoms with Crippen molar-refractivity contribution >= 4 is 33.3 Å². The first-order valence-electron chi connectivity index (χ1n) is 9.84. The van der Waals surface area contributed by atoms with Crippen molar-refractivity contribution in [3.8, 4) is 5.75 Å². The van der Waals surface area contributed by atoms with Gasteiger partial charge in [-0.25, -0.2) is 13.2 Å². The second-order valence-corrected chi connectivity index (χ2v) is 8.74. The molecule has 0 fully saturated rings. The first-order chi connectivity index (χ1) is 16.2. The highest BCUT2D eigenvalue weighted by Crippen LogP contribution is 2.26. The van der Waals surface area contributed by atoms with Crippen molar-refractivity contribution in [1.82, 2.24) is 0 Å². The first kappa shape index (κ1) is 24.6. The molecule has 3 aromatic rings. The topological polar surface area (TPSA) is 102 Å². The summed E-state index contributed by atoms with van der Waals surface area (Å²) in [5, 5.41) is 2.31. The highest BCUT2D eigenvalue weighted by atomic mass is 32.2. The Bertz CT molecular complexity index is 1270. The zero-order chi connectivity index (χ0) is 24.7. The van der Waals surface area contributed by atoms with E-state index in [0.717, 1.165) is 4.31 Å². The Morgan fingerprint density at radius 2 is 1.56 bits per heavy atom. The highest BCUT2D eigenvalue weighted by molar-refractivity contribution is 7.92. The van der Waals surface area contributed by atoms with E-state index >= 15 is 0 Å². The minimum absolute atomic E-state index is 0.0451. The minimum atomic E-state index is -4.13. The summed E-state index contributed by atoms with van der Waals surface area (Å²) < 4.78 is 61.6. The number of ether oxygens (including phenoxy) is 2. The molecule has 0 aromatic heterocycles. The lowest BCUT2D eigenvalue weighted by molar-refractivity contribution is -0.119. The number of halogens is 2. The van der Waals surface area contributed by atoms with Gasteiger partial charge in [-0.3, -0.25) is 9.10 Å². The van der Waals surface area contributed by atoms with Crippen LogP contribution >= 0.6 is 0 Å². The molecule has 178 valence electrons. The number of amides is 1. The van der Waals surface area contributed by atoms with E-state index in [1.165, 1.54) is 55.6 Å². The summed E-state index contributed by atoms with van der Waals surface area (Å²) in [4.78, 5) is 24.5. The van der Waals surface area contributed by atoms with E-state index in [1.54, 1.807) is 30.3 Å². The number of rotatable bonds is 9. The van der Waals surface area contributed by atoms with Gasteiger partial charge >= 0.3 is 12.6 Å². The Hall–Kier alpha value is -3.99. The third-order valence-corrected chi connectivity index (χ3v) is 6.42. The van der Waals surface area contributed by atoms with Crippen molar-refractivity contribution in [3.05, 3.63) is 84.4 Å². The molecule has 1 N–H and O–H groups in total. The number of anilines is 2. The fourth-order valence-corrected chi connectivity index (χ4v) is 4.32. The molecule has 34 heavy (non-hydrogen) atoms. The average Bonchev–Trinajstić information content (AvgIpc) is 2.83. The Morgan fingerprint density at radius 1 is 0.941 bits per heavy atom. The lowest BCUT2D eigenvalue weighted by Gasteiger charge is -2.20. The number of hydrogen-bond donors (Lipinski definition) is 1. The maximum Gasteiger partial charge on any atom is 0.387 e. The van der Waals surface area contributed by atoms with E-state index in [1.807, 2.05) is 0 Å². The number of carbonyl (C=O) groups excluding carboxylic acids is 2. The number of para-hydroxylation sites is 3. The minimum Gasteiger partial charge on any atom is -0.452 e. The lowest BCUT2D eigenvalue weighted by atomic mass is 10.2. The average molecular weight is 490 g/mol. The third kappa shape index (κ3) is 5.87. The smallest absolute Gasteiger partial charge is 0.387 e. The van der Waals surface area contributed by atoms with Crippen molar-refractivity contribution in [2.75, 3.05) is 23.3 Å². The molecule has 0 radical (unpaired) electrons. The largest absolute Gasteiger partial charge is 0.452 e. The van der Waals surface area contributed by atoms with Crippen LogP contribution in [0.2, 0.25) is 0 Å². The molecule has 1 amide bonds. The van der Waals surface area contributed by atoms with Crippen LogP contribution in [0.25, 0.3) is 0 Å². The van der Waals surface area contributed by atoms with Crippen LogP contribution < -0.4 is 14.4 Å². The van der Waals surface area contributed by atoms with Crippen LogP contribution in [-0.2, 0) is 19.6 Å². The zero-order valence-corrected chi connectivity index (χ0v) is 18.7. The van der Waals surface area contributed by atoms with Crippen LogP contribution in [0.5, 0.6) is 5.75 Å². The van der Waals surface area contributed by atoms with Crippen LogP contribution in [0.1, 0.15) is 10.4 Å². The second-order valence-electron chi connectivity index (χ2n) is 6.80. The standard InChI is InChI=1S/C23H20F2N2O6S/c1-27(16-9-3-2-4-10-16)34(30,31)20-14-8-5-11-17(20)22(29)32-15-21(28)26-18-12-6-7-13-19(18)33-23(24)25/h2-14,23H,15H2,1H3,(H,26,28). The van der Waals surface area contributed by atoms with Crippen molar-refractivity contribution in [1.29, 1.82) is 0 Å². The summed E-state index contributed by atoms with van der Waals surface area (Å²) in [6.45, 7) is -3.88. The molecule has 0 atom stereocenters. The predicted octanol–water partition coefficient (Wildman–Crippen LogP) is 3.91. The maximum atomic E-state index is 13.1. The summed E-state index contributed by atoms with van der Waals surface area (Å²) in [5.74, 6) is -2.15. The van der Waals surface area contributed by atoms with E-state index < -0.39 is 35.1 Å². The second kappa shape index (κ2) is 10.8. The normalized spacial score (nSPS) is 11.1. The highest BCUT2D eigenvalue weighted by Gasteiger charge is 2.27. The van der Waals surface area contributed by atoms with Gasteiger partial charge in [0.25, 0.3) is 15.9 Å². The van der Waals surface area contributed by atoms with Gasteiger partial charge in [-0.1, -0.05) is 42.5 Å². The molecule has 0 aliphatic carbocycles. The molecule has 8 nitrogen and oxygen atoms in total. The molecule has 3 aromatic carbocycles. The Labute approximate surface area is 194 Å². The van der Waals surface area contributed by atoms with E-state index in [-0.39, 0.29) is 21.9 Å². The summed E-state index contributed by atoms with van der Waals surface area (Å²) in [7, 11) is -2.78. The van der Waals surface area contributed by atoms with Crippen LogP contribution in [0.3, 0.4) is 0 Å². The van der Waals surface area contributed by atoms with Crippen LogP contribution in [0.4, 0.5) is 20.2 Å². The summed E-state index contributed by atoms with van der Waals surface area (Å²) in [6, 6.07) is 19.2. The Morgan fingerprint density at radius 3 is 2.26 bits per heavy atom. The SMILES string of the molecule is CN(c1ccccc1)S(=O)(=O)c1ccccc1C(=O)OCC(=O)Nc1ccccc1OC(F)F. The van der Waals surface area contributed by atoms with E-state index in [9.17, 15) is 26.8 Å². The molecular weight excluding hydrogens is 470 g/mol. The van der Waals surface area contributed by atoms with Crippen molar-refractivity contribution in [3.63, 3.8) is 0 Å². The first-order valence-corrected chi connectivity index (χ1v) is 11.3. The maximum absolute atomic E-state index is 13.1. The molecule has 0 saturated carbocycles. The fraction of sp³-hybridized carbons (Fsp3) is 0.130. The monoisotopic (exact) mass is 490 g/mol. The number of hydrogen-bond acceptors (Lipinski definition) is 6. The number of alkyl halides is 2. The molecule has 0 heterocycles. The third-order valence-electron chi connectivity index (χ3n) is 4.58. The molecule has 0 aliphatic heterocycles. The van der Waals surface area contributed by atoms with Crippen LogP contribution in [-0.4, -0.2) is 40.6 Å². The molecular formula is C23H20F2N2O6S. The fourth-order valence-electron chi connectivity index (χ4n) is 2.95. The van der Waals surface area contributed by atoms with Gasteiger partial charge in [0.05, 0.1) is 16.9 Å². The number of nitrogens with zero attached hydrogens (tertiary/aromatic N) is 1. The van der Waals surface area contributed by atoms with Crippen molar-refractivity contribution in [2.24, 2.45) is 0 Å². The number of sulfonamides is 1. The van der Waals surface area contributed by atoms with Gasteiger partial charge in [0.2, 0.25) is 0 Å². The molecule has 0 aliphatic rings. The summed E-state index contributed by atoms with van der Waals surface area (Å²) in [6.07, 6.45) is 0. The van der Waals surface area contributed by atoms with E-state index in [2.05, 4.69) is 10.1 Å². The number of carbonyl (C=O) groups is 2. The van der Waals surface area contributed by atoms with Crippen LogP contribution in [0.15, 0.2) is 83.8 Å². The molecule has 11 heteroatoms. The zero-order valence-electron chi connectivity index (χ0n) is 17.9. The lowest BCUT2D eigenvalue weighted by Crippen LogP contribution is -2.29. The number of benzene rings is 3. The van der Waals surface area contributed by atoms with Gasteiger partial charge in [0.15, 0.2) is 6.61 Å². The Balaban J connectivity index is 1.73. The quantitative estimate of drug-likeness (QED) is 0.457. The van der Waals surface area contributed by atoms with E-state index in [0.29, 0.717) is 5.69 Å². The van der Waals surface area contributed by atoms with E-state index in [4.69, 9.17) is 4.74 Å². The summed E-state index contributed by atoms with van der Waals surface area (Å²) >= 11 is 0. The predicted molar refractivity (Wildman–Crippen MR) is 120 cm³/mol. The molecule has 0 saturated heterocycles. The van der Waals surface area contributed by atoms with Gasteiger partial charge in [-0.05, 0) is 36.4 Å².